The van der Waals surface area contributed by atoms with E-state index in [4.69, 9.17) is 0 Å². The Morgan fingerprint density at radius 2 is 2.14 bits per heavy atom. The number of benzene rings is 1. The van der Waals surface area contributed by atoms with Crippen molar-refractivity contribution in [2.24, 2.45) is 5.92 Å². The summed E-state index contributed by atoms with van der Waals surface area (Å²) in [4.78, 5) is 16.6. The lowest BCUT2D eigenvalue weighted by atomic mass is 9.86. The van der Waals surface area contributed by atoms with Crippen LogP contribution < -0.4 is 5.32 Å². The molecule has 0 atom stereocenters. The fourth-order valence-electron chi connectivity index (χ4n) is 3.13. The summed E-state index contributed by atoms with van der Waals surface area (Å²) in [7, 11) is 0. The molecule has 1 N–H and O–H groups in total. The number of anilines is 1. The normalized spacial score (nSPS) is 16.2. The van der Waals surface area contributed by atoms with E-state index in [0.717, 1.165) is 33.3 Å². The highest BCUT2D eigenvalue weighted by Gasteiger charge is 2.15. The summed E-state index contributed by atoms with van der Waals surface area (Å²) >= 11 is 1.56. The quantitative estimate of drug-likeness (QED) is 0.872. The highest BCUT2D eigenvalue weighted by atomic mass is 32.1. The van der Waals surface area contributed by atoms with Crippen molar-refractivity contribution in [2.75, 3.05) is 5.32 Å². The van der Waals surface area contributed by atoms with E-state index in [0.29, 0.717) is 6.42 Å². The number of aryl methyl sites for hydroxylation is 1. The minimum Gasteiger partial charge on any atom is -0.302 e. The first-order valence-corrected chi connectivity index (χ1v) is 8.70. The van der Waals surface area contributed by atoms with Crippen molar-refractivity contribution in [2.45, 2.75) is 51.9 Å². The van der Waals surface area contributed by atoms with Gasteiger partial charge in [-0.15, -0.1) is 0 Å². The van der Waals surface area contributed by atoms with E-state index in [2.05, 4.69) is 29.4 Å². The molecule has 0 aliphatic heterocycles. The Hall–Kier alpha value is -1.42. The molecule has 0 saturated heterocycles. The van der Waals surface area contributed by atoms with E-state index in [9.17, 15) is 4.79 Å². The van der Waals surface area contributed by atoms with Gasteiger partial charge in [0.25, 0.3) is 0 Å². The number of para-hydroxylation sites is 1. The molecule has 21 heavy (non-hydrogen) atoms. The molecule has 3 rings (SSSR count). The fraction of sp³-hybridized carbons (Fsp3) is 0.529. The lowest BCUT2D eigenvalue weighted by molar-refractivity contribution is -0.116. The lowest BCUT2D eigenvalue weighted by Crippen LogP contribution is -2.14. The molecule has 1 amide bonds. The predicted octanol–water partition coefficient (Wildman–Crippen LogP) is 4.90. The molecular formula is C17H22N2OS. The van der Waals surface area contributed by atoms with Gasteiger partial charge in [-0.1, -0.05) is 55.6 Å². The molecule has 1 aliphatic carbocycles. The Bertz CT molecular complexity index is 629. The number of rotatable bonds is 4. The molecule has 0 radical (unpaired) electrons. The zero-order valence-electron chi connectivity index (χ0n) is 12.5. The van der Waals surface area contributed by atoms with Crippen LogP contribution in [0.15, 0.2) is 18.2 Å². The number of aromatic nitrogens is 1. The Kier molecular flexibility index (Phi) is 4.54. The van der Waals surface area contributed by atoms with E-state index in [-0.39, 0.29) is 5.91 Å². The van der Waals surface area contributed by atoms with Gasteiger partial charge in [-0.3, -0.25) is 4.79 Å². The van der Waals surface area contributed by atoms with Crippen LogP contribution in [0.4, 0.5) is 5.13 Å². The van der Waals surface area contributed by atoms with Crippen LogP contribution in [0.3, 0.4) is 0 Å². The minimum absolute atomic E-state index is 0.109. The summed E-state index contributed by atoms with van der Waals surface area (Å²) in [5.41, 5.74) is 2.16. The second-order valence-corrected chi connectivity index (χ2v) is 7.06. The molecule has 3 nitrogen and oxygen atoms in total. The second-order valence-electron chi connectivity index (χ2n) is 6.03. The van der Waals surface area contributed by atoms with Crippen molar-refractivity contribution in [3.63, 3.8) is 0 Å². The Balaban J connectivity index is 1.57. The van der Waals surface area contributed by atoms with Crippen LogP contribution in [0.1, 0.15) is 50.5 Å². The third-order valence-corrected chi connectivity index (χ3v) is 5.31. The Morgan fingerprint density at radius 1 is 1.33 bits per heavy atom. The van der Waals surface area contributed by atoms with E-state index in [1.165, 1.54) is 32.1 Å². The zero-order valence-corrected chi connectivity index (χ0v) is 13.3. The van der Waals surface area contributed by atoms with Crippen molar-refractivity contribution >= 4 is 32.6 Å². The number of thiazole rings is 1. The minimum atomic E-state index is 0.109. The number of nitrogens with zero attached hydrogens (tertiary/aromatic N) is 1. The maximum atomic E-state index is 12.1. The van der Waals surface area contributed by atoms with Crippen molar-refractivity contribution in [1.29, 1.82) is 0 Å². The van der Waals surface area contributed by atoms with Gasteiger partial charge < -0.3 is 5.32 Å². The van der Waals surface area contributed by atoms with Gasteiger partial charge in [0.05, 0.1) is 10.2 Å². The number of hydrogen-bond acceptors (Lipinski definition) is 3. The fourth-order valence-corrected chi connectivity index (χ4v) is 4.09. The first-order chi connectivity index (χ1) is 10.2. The van der Waals surface area contributed by atoms with Gasteiger partial charge in [0.1, 0.15) is 0 Å². The predicted molar refractivity (Wildman–Crippen MR) is 88.8 cm³/mol. The SMILES string of the molecule is Cc1cccc2sc(NC(=O)CCC3CCCCC3)nc12. The van der Waals surface area contributed by atoms with E-state index < -0.39 is 0 Å². The van der Waals surface area contributed by atoms with Crippen molar-refractivity contribution < 1.29 is 4.79 Å². The number of amides is 1. The molecular weight excluding hydrogens is 280 g/mol. The van der Waals surface area contributed by atoms with Gasteiger partial charge in [-0.25, -0.2) is 4.98 Å². The molecule has 1 aromatic carbocycles. The summed E-state index contributed by atoms with van der Waals surface area (Å²) in [6.07, 6.45) is 8.29. The maximum Gasteiger partial charge on any atom is 0.226 e. The van der Waals surface area contributed by atoms with E-state index in [1.54, 1.807) is 11.3 Å². The zero-order chi connectivity index (χ0) is 14.7. The molecule has 0 spiro atoms. The van der Waals surface area contributed by atoms with Crippen molar-refractivity contribution in [3.8, 4) is 0 Å². The molecule has 2 aromatic rings. The van der Waals surface area contributed by atoms with Crippen LogP contribution in [0, 0.1) is 12.8 Å². The number of carbonyl (C=O) groups is 1. The highest BCUT2D eigenvalue weighted by Crippen LogP contribution is 2.29. The Morgan fingerprint density at radius 3 is 2.90 bits per heavy atom. The molecule has 1 aromatic heterocycles. The van der Waals surface area contributed by atoms with Gasteiger partial charge in [0.2, 0.25) is 5.91 Å². The number of carbonyl (C=O) groups excluding carboxylic acids is 1. The van der Waals surface area contributed by atoms with Gasteiger partial charge in [0, 0.05) is 6.42 Å². The molecule has 1 saturated carbocycles. The van der Waals surface area contributed by atoms with Gasteiger partial charge in [-0.05, 0) is 30.9 Å². The third kappa shape index (κ3) is 3.62. The summed E-state index contributed by atoms with van der Waals surface area (Å²) in [6, 6.07) is 6.14. The van der Waals surface area contributed by atoms with Crippen LogP contribution in [0.5, 0.6) is 0 Å². The summed E-state index contributed by atoms with van der Waals surface area (Å²) in [5.74, 6) is 0.861. The second kappa shape index (κ2) is 6.56. The lowest BCUT2D eigenvalue weighted by Gasteiger charge is -2.20. The number of fused-ring (bicyclic) bond motifs is 1. The first-order valence-electron chi connectivity index (χ1n) is 7.88. The molecule has 0 bridgehead atoms. The van der Waals surface area contributed by atoms with Gasteiger partial charge >= 0.3 is 0 Å². The summed E-state index contributed by atoms with van der Waals surface area (Å²) in [5, 5.41) is 3.70. The molecule has 1 aliphatic rings. The van der Waals surface area contributed by atoms with Gasteiger partial charge in [-0.2, -0.15) is 0 Å². The van der Waals surface area contributed by atoms with Crippen molar-refractivity contribution in [1.82, 2.24) is 4.98 Å². The summed E-state index contributed by atoms with van der Waals surface area (Å²) < 4.78 is 1.14. The monoisotopic (exact) mass is 302 g/mol. The standard InChI is InChI=1S/C17H22N2OS/c1-12-6-5-9-14-16(12)19-17(21-14)18-15(20)11-10-13-7-3-2-4-8-13/h5-6,9,13H,2-4,7-8,10-11H2,1H3,(H,18,19,20). The molecule has 0 unspecified atom stereocenters. The van der Waals surface area contributed by atoms with E-state index in [1.807, 2.05) is 6.07 Å². The third-order valence-electron chi connectivity index (χ3n) is 4.37. The molecule has 1 fully saturated rings. The number of hydrogen-bond donors (Lipinski definition) is 1. The molecule has 1 heterocycles. The topological polar surface area (TPSA) is 42.0 Å². The van der Waals surface area contributed by atoms with Crippen LogP contribution in [0.25, 0.3) is 10.2 Å². The van der Waals surface area contributed by atoms with Crippen LogP contribution in [0.2, 0.25) is 0 Å². The highest BCUT2D eigenvalue weighted by molar-refractivity contribution is 7.22. The van der Waals surface area contributed by atoms with Gasteiger partial charge in [0.15, 0.2) is 5.13 Å². The van der Waals surface area contributed by atoms with E-state index >= 15 is 0 Å². The van der Waals surface area contributed by atoms with Crippen LogP contribution in [-0.4, -0.2) is 10.9 Å². The molecule has 4 heteroatoms. The summed E-state index contributed by atoms with van der Waals surface area (Å²) in [6.45, 7) is 2.05. The first kappa shape index (κ1) is 14.5. The smallest absolute Gasteiger partial charge is 0.226 e. The average Bonchev–Trinajstić information content (AvgIpc) is 2.90. The number of nitrogens with one attached hydrogen (secondary N) is 1. The van der Waals surface area contributed by atoms with Crippen LogP contribution in [-0.2, 0) is 4.79 Å². The average molecular weight is 302 g/mol. The molecule has 112 valence electrons. The van der Waals surface area contributed by atoms with Crippen molar-refractivity contribution in [3.05, 3.63) is 23.8 Å². The maximum absolute atomic E-state index is 12.1. The largest absolute Gasteiger partial charge is 0.302 e. The van der Waals surface area contributed by atoms with Crippen LogP contribution >= 0.6 is 11.3 Å². The Labute approximate surface area is 129 Å².